The molecule has 1 heterocycles. The summed E-state index contributed by atoms with van der Waals surface area (Å²) < 4.78 is 0. The molecule has 0 spiro atoms. The van der Waals surface area contributed by atoms with Gasteiger partial charge in [-0.3, -0.25) is 4.79 Å². The topological polar surface area (TPSA) is 78.7 Å². The van der Waals surface area contributed by atoms with Crippen molar-refractivity contribution in [2.45, 2.75) is 0 Å². The standard InChI is InChI=1S/C5H10N4O2/c6-5(11)9(4-10)8-2-1-7-3-8/h4,7H,1-3H2,(H2,6,11). The SMILES string of the molecule is NC(=O)N(C=O)N1CCNC1. The zero-order chi connectivity index (χ0) is 8.27. The first kappa shape index (κ1) is 7.96. The lowest BCUT2D eigenvalue weighted by Crippen LogP contribution is -2.47. The molecule has 6 heteroatoms. The Kier molecular flexibility index (Phi) is 2.40. The van der Waals surface area contributed by atoms with Crippen molar-refractivity contribution in [3.8, 4) is 0 Å². The molecule has 0 aromatic rings. The number of rotatable bonds is 2. The van der Waals surface area contributed by atoms with Crippen LogP contribution in [0.5, 0.6) is 0 Å². The van der Waals surface area contributed by atoms with E-state index in [-0.39, 0.29) is 0 Å². The highest BCUT2D eigenvalue weighted by Crippen LogP contribution is 1.96. The number of primary amides is 1. The molecule has 3 N–H and O–H groups in total. The maximum Gasteiger partial charge on any atom is 0.336 e. The van der Waals surface area contributed by atoms with E-state index in [4.69, 9.17) is 5.73 Å². The maximum atomic E-state index is 10.6. The fraction of sp³-hybridized carbons (Fsp3) is 0.600. The van der Waals surface area contributed by atoms with Crippen LogP contribution < -0.4 is 11.1 Å². The molecule has 1 fully saturated rings. The van der Waals surface area contributed by atoms with Gasteiger partial charge in [-0.1, -0.05) is 0 Å². The molecule has 62 valence electrons. The number of urea groups is 1. The lowest BCUT2D eigenvalue weighted by Gasteiger charge is -2.22. The first-order chi connectivity index (χ1) is 5.25. The normalized spacial score (nSPS) is 18.2. The van der Waals surface area contributed by atoms with Crippen LogP contribution in [0.1, 0.15) is 0 Å². The summed E-state index contributed by atoms with van der Waals surface area (Å²) in [5.74, 6) is 0. The monoisotopic (exact) mass is 158 g/mol. The summed E-state index contributed by atoms with van der Waals surface area (Å²) in [5, 5.41) is 5.36. The summed E-state index contributed by atoms with van der Waals surface area (Å²) in [6, 6.07) is -0.747. The third-order valence-corrected chi connectivity index (χ3v) is 1.47. The molecular formula is C5H10N4O2. The number of amides is 3. The van der Waals surface area contributed by atoms with E-state index in [1.165, 1.54) is 5.01 Å². The Morgan fingerprint density at radius 3 is 2.82 bits per heavy atom. The average molecular weight is 158 g/mol. The summed E-state index contributed by atoms with van der Waals surface area (Å²) in [4.78, 5) is 20.9. The van der Waals surface area contributed by atoms with Gasteiger partial charge in [-0.05, 0) is 0 Å². The van der Waals surface area contributed by atoms with Crippen molar-refractivity contribution in [1.29, 1.82) is 0 Å². The highest BCUT2D eigenvalue weighted by Gasteiger charge is 2.20. The van der Waals surface area contributed by atoms with E-state index in [0.717, 1.165) is 11.6 Å². The number of carbonyl (C=O) groups excluding carboxylic acids is 2. The van der Waals surface area contributed by atoms with Crippen molar-refractivity contribution in [3.63, 3.8) is 0 Å². The molecular weight excluding hydrogens is 148 g/mol. The molecule has 3 amide bonds. The minimum absolute atomic E-state index is 0.412. The summed E-state index contributed by atoms with van der Waals surface area (Å²) in [6.07, 6.45) is 0.412. The van der Waals surface area contributed by atoms with Gasteiger partial charge in [-0.15, -0.1) is 0 Å². The van der Waals surface area contributed by atoms with Crippen LogP contribution in [-0.2, 0) is 4.79 Å². The molecule has 0 unspecified atom stereocenters. The molecule has 0 radical (unpaired) electrons. The summed E-state index contributed by atoms with van der Waals surface area (Å²) in [7, 11) is 0. The number of nitrogens with one attached hydrogen (secondary N) is 1. The Morgan fingerprint density at radius 2 is 2.45 bits per heavy atom. The van der Waals surface area contributed by atoms with Gasteiger partial charge in [-0.2, -0.15) is 10.0 Å². The summed E-state index contributed by atoms with van der Waals surface area (Å²) in [5.41, 5.74) is 4.91. The zero-order valence-corrected chi connectivity index (χ0v) is 5.99. The summed E-state index contributed by atoms with van der Waals surface area (Å²) >= 11 is 0. The highest BCUT2D eigenvalue weighted by atomic mass is 16.2. The van der Waals surface area contributed by atoms with Crippen LogP contribution in [0.4, 0.5) is 4.79 Å². The molecule has 0 aromatic carbocycles. The predicted molar refractivity (Wildman–Crippen MR) is 37.1 cm³/mol. The molecule has 1 aliphatic rings. The van der Waals surface area contributed by atoms with Crippen molar-refractivity contribution in [2.24, 2.45) is 5.73 Å². The molecule has 0 atom stereocenters. The fourth-order valence-corrected chi connectivity index (χ4v) is 0.937. The minimum atomic E-state index is -0.747. The van der Waals surface area contributed by atoms with Crippen LogP contribution in [0.2, 0.25) is 0 Å². The van der Waals surface area contributed by atoms with E-state index >= 15 is 0 Å². The predicted octanol–water partition coefficient (Wildman–Crippen LogP) is -1.70. The van der Waals surface area contributed by atoms with Crippen molar-refractivity contribution >= 4 is 12.4 Å². The van der Waals surface area contributed by atoms with E-state index in [1.807, 2.05) is 0 Å². The molecule has 6 nitrogen and oxygen atoms in total. The molecule has 1 rings (SSSR count). The second-order valence-electron chi connectivity index (χ2n) is 2.18. The number of hydrogen-bond acceptors (Lipinski definition) is 4. The summed E-state index contributed by atoms with van der Waals surface area (Å²) in [6.45, 7) is 1.88. The van der Waals surface area contributed by atoms with Gasteiger partial charge in [0.1, 0.15) is 0 Å². The van der Waals surface area contributed by atoms with Crippen LogP contribution in [0.15, 0.2) is 0 Å². The number of hydrogen-bond donors (Lipinski definition) is 2. The van der Waals surface area contributed by atoms with Gasteiger partial charge in [0.2, 0.25) is 6.41 Å². The smallest absolute Gasteiger partial charge is 0.336 e. The highest BCUT2D eigenvalue weighted by molar-refractivity contribution is 5.82. The zero-order valence-electron chi connectivity index (χ0n) is 5.99. The second kappa shape index (κ2) is 3.31. The Morgan fingerprint density at radius 1 is 1.73 bits per heavy atom. The van der Waals surface area contributed by atoms with Gasteiger partial charge in [0.15, 0.2) is 0 Å². The van der Waals surface area contributed by atoms with Gasteiger partial charge < -0.3 is 11.1 Å². The second-order valence-corrected chi connectivity index (χ2v) is 2.18. The van der Waals surface area contributed by atoms with Crippen molar-refractivity contribution in [2.75, 3.05) is 19.8 Å². The van der Waals surface area contributed by atoms with Crippen molar-refractivity contribution < 1.29 is 9.59 Å². The first-order valence-electron chi connectivity index (χ1n) is 3.25. The number of nitrogens with two attached hydrogens (primary N) is 1. The van der Waals surface area contributed by atoms with Crippen molar-refractivity contribution in [1.82, 2.24) is 15.3 Å². The van der Waals surface area contributed by atoms with Crippen LogP contribution in [0, 0.1) is 0 Å². The van der Waals surface area contributed by atoms with Crippen LogP contribution in [0.25, 0.3) is 0 Å². The van der Waals surface area contributed by atoms with E-state index in [0.29, 0.717) is 19.6 Å². The van der Waals surface area contributed by atoms with Gasteiger partial charge in [0, 0.05) is 13.1 Å². The van der Waals surface area contributed by atoms with Gasteiger partial charge in [0.05, 0.1) is 6.67 Å². The molecule has 0 saturated carbocycles. The van der Waals surface area contributed by atoms with E-state index < -0.39 is 6.03 Å². The lowest BCUT2D eigenvalue weighted by atomic mass is 10.7. The third-order valence-electron chi connectivity index (χ3n) is 1.47. The Bertz CT molecular complexity index is 166. The Balaban J connectivity index is 2.53. The number of nitrogens with zero attached hydrogens (tertiary/aromatic N) is 2. The van der Waals surface area contributed by atoms with E-state index in [9.17, 15) is 9.59 Å². The van der Waals surface area contributed by atoms with Gasteiger partial charge in [-0.25, -0.2) is 4.79 Å². The first-order valence-corrected chi connectivity index (χ1v) is 3.25. The van der Waals surface area contributed by atoms with Crippen LogP contribution >= 0.6 is 0 Å². The largest absolute Gasteiger partial charge is 0.350 e. The molecule has 1 saturated heterocycles. The Hall–Kier alpha value is -1.14. The lowest BCUT2D eigenvalue weighted by molar-refractivity contribution is -0.126. The van der Waals surface area contributed by atoms with Crippen molar-refractivity contribution in [3.05, 3.63) is 0 Å². The molecule has 1 aliphatic heterocycles. The average Bonchev–Trinajstić information content (AvgIpc) is 2.40. The molecule has 0 aliphatic carbocycles. The quantitative estimate of drug-likeness (QED) is 0.469. The molecule has 0 bridgehead atoms. The van der Waals surface area contributed by atoms with Crippen LogP contribution in [-0.4, -0.2) is 42.2 Å². The minimum Gasteiger partial charge on any atom is -0.350 e. The fourth-order valence-electron chi connectivity index (χ4n) is 0.937. The molecule has 0 aromatic heterocycles. The third kappa shape index (κ3) is 1.66. The van der Waals surface area contributed by atoms with Crippen LogP contribution in [0.3, 0.4) is 0 Å². The van der Waals surface area contributed by atoms with Gasteiger partial charge in [0.25, 0.3) is 0 Å². The number of carbonyl (C=O) groups is 2. The van der Waals surface area contributed by atoms with E-state index in [2.05, 4.69) is 5.32 Å². The van der Waals surface area contributed by atoms with Gasteiger partial charge >= 0.3 is 6.03 Å². The Labute approximate surface area is 63.9 Å². The maximum absolute atomic E-state index is 10.6. The number of hydrazine groups is 1. The van der Waals surface area contributed by atoms with E-state index in [1.54, 1.807) is 0 Å². The number of imide groups is 1. The molecule has 11 heavy (non-hydrogen) atoms.